The second-order valence-electron chi connectivity index (χ2n) is 8.06. The number of hydrogen-bond acceptors (Lipinski definition) is 6. The molecule has 3 aromatic rings. The lowest BCUT2D eigenvalue weighted by Crippen LogP contribution is -2.37. The van der Waals surface area contributed by atoms with Gasteiger partial charge in [-0.2, -0.15) is 0 Å². The van der Waals surface area contributed by atoms with Crippen molar-refractivity contribution in [1.82, 2.24) is 0 Å². The molecule has 2 amide bonds. The zero-order chi connectivity index (χ0) is 23.3. The van der Waals surface area contributed by atoms with Gasteiger partial charge in [0.25, 0.3) is 5.91 Å². The molecule has 0 spiro atoms. The first kappa shape index (κ1) is 21.5. The summed E-state index contributed by atoms with van der Waals surface area (Å²) < 4.78 is 5.74. The summed E-state index contributed by atoms with van der Waals surface area (Å²) in [6.45, 7) is 1.94. The van der Waals surface area contributed by atoms with Gasteiger partial charge in [0.1, 0.15) is 5.92 Å². The molecular formula is C25H21BrN2O5. The molecule has 0 aliphatic carbocycles. The maximum absolute atomic E-state index is 13.7. The van der Waals surface area contributed by atoms with Crippen molar-refractivity contribution >= 4 is 39.1 Å². The van der Waals surface area contributed by atoms with Crippen LogP contribution in [0.15, 0.2) is 71.2 Å². The molecule has 1 N–H and O–H groups in total. The minimum atomic E-state index is -0.970. The van der Waals surface area contributed by atoms with Crippen LogP contribution in [0.4, 0.5) is 11.4 Å². The summed E-state index contributed by atoms with van der Waals surface area (Å²) in [5.41, 5.74) is 2.92. The molecule has 0 saturated carbocycles. The molecule has 5 rings (SSSR count). The Labute approximate surface area is 199 Å². The predicted molar refractivity (Wildman–Crippen MR) is 126 cm³/mol. The van der Waals surface area contributed by atoms with Crippen LogP contribution in [0.1, 0.15) is 17.2 Å². The van der Waals surface area contributed by atoms with Crippen molar-refractivity contribution in [3.05, 3.63) is 82.3 Å². The number of aryl methyl sites for hydroxylation is 1. The van der Waals surface area contributed by atoms with Gasteiger partial charge >= 0.3 is 0 Å². The number of aromatic hydroxyl groups is 1. The number of benzene rings is 3. The number of imide groups is 1. The molecule has 0 unspecified atom stereocenters. The molecule has 0 radical (unpaired) electrons. The average Bonchev–Trinajstić information content (AvgIpc) is 3.33. The van der Waals surface area contributed by atoms with E-state index in [2.05, 4.69) is 15.9 Å². The van der Waals surface area contributed by atoms with Crippen LogP contribution in [0, 0.1) is 12.8 Å². The first-order chi connectivity index (χ1) is 15.9. The van der Waals surface area contributed by atoms with E-state index in [1.165, 1.54) is 12.0 Å². The topological polar surface area (TPSA) is 79.3 Å². The second kappa shape index (κ2) is 8.20. The molecule has 2 aliphatic rings. The van der Waals surface area contributed by atoms with E-state index in [1.807, 2.05) is 49.4 Å². The summed E-state index contributed by atoms with van der Waals surface area (Å²) in [6, 6.07) is 19.3. The number of ether oxygens (including phenoxy) is 1. The smallest absolute Gasteiger partial charge is 0.266 e. The van der Waals surface area contributed by atoms with Crippen LogP contribution in [0.3, 0.4) is 0 Å². The van der Waals surface area contributed by atoms with E-state index in [1.54, 1.807) is 29.3 Å². The fraction of sp³-hybridized carbons (Fsp3) is 0.200. The summed E-state index contributed by atoms with van der Waals surface area (Å²) in [5.74, 6) is -1.30. The fourth-order valence-electron chi connectivity index (χ4n) is 4.42. The first-order valence-electron chi connectivity index (χ1n) is 10.4. The van der Waals surface area contributed by atoms with Gasteiger partial charge in [-0.3, -0.25) is 14.4 Å². The van der Waals surface area contributed by atoms with Gasteiger partial charge < -0.3 is 9.84 Å². The molecule has 3 atom stereocenters. The van der Waals surface area contributed by atoms with Crippen LogP contribution < -0.4 is 14.7 Å². The maximum atomic E-state index is 13.7. The Kier molecular flexibility index (Phi) is 5.34. The minimum Gasteiger partial charge on any atom is -0.503 e. The molecule has 7 nitrogen and oxygen atoms in total. The first-order valence-corrected chi connectivity index (χ1v) is 11.2. The zero-order valence-corrected chi connectivity index (χ0v) is 19.5. The lowest BCUT2D eigenvalue weighted by Gasteiger charge is -2.29. The molecule has 3 aromatic carbocycles. The van der Waals surface area contributed by atoms with Crippen molar-refractivity contribution in [2.75, 3.05) is 17.1 Å². The molecule has 2 fully saturated rings. The largest absolute Gasteiger partial charge is 0.503 e. The van der Waals surface area contributed by atoms with Crippen LogP contribution in [0.25, 0.3) is 0 Å². The third-order valence-corrected chi connectivity index (χ3v) is 6.63. The number of phenolic OH excluding ortho intramolecular Hbond substituents is 1. The number of phenols is 1. The van der Waals surface area contributed by atoms with E-state index in [-0.39, 0.29) is 17.4 Å². The molecule has 168 valence electrons. The number of halogens is 1. The van der Waals surface area contributed by atoms with Gasteiger partial charge in [0.2, 0.25) is 5.91 Å². The van der Waals surface area contributed by atoms with Crippen molar-refractivity contribution in [3.8, 4) is 11.5 Å². The van der Waals surface area contributed by atoms with E-state index in [0.29, 0.717) is 21.4 Å². The van der Waals surface area contributed by atoms with Gasteiger partial charge in [0.15, 0.2) is 17.6 Å². The number of para-hydroxylation sites is 1. The Morgan fingerprint density at radius 2 is 1.67 bits per heavy atom. The normalized spacial score (nSPS) is 22.1. The Bertz CT molecular complexity index is 1230. The number of hydroxylamine groups is 1. The van der Waals surface area contributed by atoms with E-state index < -0.39 is 24.0 Å². The molecule has 2 saturated heterocycles. The number of hydrogen-bond donors (Lipinski definition) is 1. The highest BCUT2D eigenvalue weighted by molar-refractivity contribution is 9.10. The average molecular weight is 509 g/mol. The maximum Gasteiger partial charge on any atom is 0.266 e. The Hall–Kier alpha value is -3.36. The van der Waals surface area contributed by atoms with Gasteiger partial charge in [0, 0.05) is 0 Å². The van der Waals surface area contributed by atoms with Crippen molar-refractivity contribution in [2.45, 2.75) is 19.1 Å². The summed E-state index contributed by atoms with van der Waals surface area (Å²) >= 11 is 3.36. The lowest BCUT2D eigenvalue weighted by molar-refractivity contribution is -0.126. The molecule has 0 aromatic heterocycles. The minimum absolute atomic E-state index is 0.0434. The Morgan fingerprint density at radius 1 is 0.970 bits per heavy atom. The van der Waals surface area contributed by atoms with Crippen molar-refractivity contribution in [2.24, 2.45) is 5.92 Å². The highest BCUT2D eigenvalue weighted by Crippen LogP contribution is 2.49. The Balaban J connectivity index is 1.62. The van der Waals surface area contributed by atoms with Crippen LogP contribution in [0.2, 0.25) is 0 Å². The van der Waals surface area contributed by atoms with Crippen molar-refractivity contribution in [1.29, 1.82) is 0 Å². The van der Waals surface area contributed by atoms with E-state index in [9.17, 15) is 14.7 Å². The standard InChI is InChI=1S/C25H21BrN2O5/c1-14-8-10-16(11-9-14)27-24(30)20-21(15-12-18(26)22(29)19(13-15)32-2)28(33-23(20)25(27)31)17-6-4-3-5-7-17/h3-13,20-21,23,29H,1-2H3/t20-,21+,23+/m0/s1. The van der Waals surface area contributed by atoms with Crippen LogP contribution in [0.5, 0.6) is 11.5 Å². The summed E-state index contributed by atoms with van der Waals surface area (Å²) in [7, 11) is 1.46. The zero-order valence-electron chi connectivity index (χ0n) is 17.9. The lowest BCUT2D eigenvalue weighted by atomic mass is 9.90. The molecule has 33 heavy (non-hydrogen) atoms. The van der Waals surface area contributed by atoms with Gasteiger partial charge in [0.05, 0.1) is 29.0 Å². The number of fused-ring (bicyclic) bond motifs is 1. The molecular weight excluding hydrogens is 488 g/mol. The fourth-order valence-corrected chi connectivity index (χ4v) is 4.88. The SMILES string of the molecule is COc1cc([C@@H]2[C@@H]3C(=O)N(c4ccc(C)cc4)C(=O)[C@@H]3ON2c2ccccc2)cc(Br)c1O. The van der Waals surface area contributed by atoms with Crippen LogP contribution in [-0.2, 0) is 14.4 Å². The van der Waals surface area contributed by atoms with E-state index >= 15 is 0 Å². The Morgan fingerprint density at radius 3 is 2.33 bits per heavy atom. The van der Waals surface area contributed by atoms with Crippen LogP contribution >= 0.6 is 15.9 Å². The van der Waals surface area contributed by atoms with Gasteiger partial charge in [-0.25, -0.2) is 9.96 Å². The third-order valence-electron chi connectivity index (χ3n) is 6.03. The molecule has 0 bridgehead atoms. The highest BCUT2D eigenvalue weighted by atomic mass is 79.9. The predicted octanol–water partition coefficient (Wildman–Crippen LogP) is 4.52. The molecule has 8 heteroatoms. The highest BCUT2D eigenvalue weighted by Gasteiger charge is 2.60. The van der Waals surface area contributed by atoms with E-state index in [0.717, 1.165) is 5.56 Å². The van der Waals surface area contributed by atoms with Crippen LogP contribution in [-0.4, -0.2) is 30.1 Å². The van der Waals surface area contributed by atoms with E-state index in [4.69, 9.17) is 9.57 Å². The van der Waals surface area contributed by atoms with Gasteiger partial charge in [-0.15, -0.1) is 0 Å². The monoisotopic (exact) mass is 508 g/mol. The number of carbonyl (C=O) groups is 2. The van der Waals surface area contributed by atoms with Crippen molar-refractivity contribution < 1.29 is 24.3 Å². The van der Waals surface area contributed by atoms with Gasteiger partial charge in [-0.05, 0) is 64.8 Å². The molecule has 2 heterocycles. The van der Waals surface area contributed by atoms with Gasteiger partial charge in [-0.1, -0.05) is 35.9 Å². The number of methoxy groups -OCH3 is 1. The number of carbonyl (C=O) groups excluding carboxylic acids is 2. The van der Waals surface area contributed by atoms with Crippen molar-refractivity contribution in [3.63, 3.8) is 0 Å². The molecule has 2 aliphatic heterocycles. The summed E-state index contributed by atoms with van der Waals surface area (Å²) in [6.07, 6.45) is -0.970. The summed E-state index contributed by atoms with van der Waals surface area (Å²) in [5, 5.41) is 11.9. The number of nitrogens with zero attached hydrogens (tertiary/aromatic N) is 2. The quantitative estimate of drug-likeness (QED) is 0.521. The number of rotatable bonds is 4. The summed E-state index contributed by atoms with van der Waals surface area (Å²) in [4.78, 5) is 34.4. The number of anilines is 2. The second-order valence-corrected chi connectivity index (χ2v) is 8.91. The third kappa shape index (κ3) is 3.46. The number of amides is 2.